The van der Waals surface area contributed by atoms with Gasteiger partial charge in [-0.25, -0.2) is 0 Å². The highest BCUT2D eigenvalue weighted by atomic mass is 79.9. The Morgan fingerprint density at radius 1 is 1.37 bits per heavy atom. The third-order valence-electron chi connectivity index (χ3n) is 2.89. The molecule has 0 aliphatic heterocycles. The number of benzene rings is 1. The molecule has 0 bridgehead atoms. The predicted molar refractivity (Wildman–Crippen MR) is 82.2 cm³/mol. The molecule has 0 aliphatic carbocycles. The number of nitrogens with zero attached hydrogens (tertiary/aromatic N) is 3. The van der Waals surface area contributed by atoms with Crippen molar-refractivity contribution in [3.05, 3.63) is 46.7 Å². The maximum Gasteiger partial charge on any atom is 0.0534 e. The summed E-state index contributed by atoms with van der Waals surface area (Å²) in [6.45, 7) is 2.82. The number of aromatic nitrogens is 2. The first-order valence-electron chi connectivity index (χ1n) is 6.29. The van der Waals surface area contributed by atoms with Gasteiger partial charge in [0.2, 0.25) is 0 Å². The number of rotatable bonds is 6. The second-order valence-electron chi connectivity index (χ2n) is 4.67. The number of likely N-dealkylation sites (N-methyl/N-ethyl adjacent to an activating group) is 1. The minimum atomic E-state index is 0.916. The van der Waals surface area contributed by atoms with Gasteiger partial charge in [0.05, 0.1) is 6.20 Å². The Labute approximate surface area is 122 Å². The second kappa shape index (κ2) is 6.73. The third-order valence-corrected chi connectivity index (χ3v) is 3.59. The van der Waals surface area contributed by atoms with Crippen LogP contribution in [0.15, 0.2) is 41.1 Å². The van der Waals surface area contributed by atoms with E-state index in [9.17, 15) is 0 Å². The molecule has 1 heterocycles. The standard InChI is InChI=1S/C14H19BrN4/c1-18(10-12-9-17-19(2)11-12)8-7-16-14-6-4-3-5-13(14)15/h3-6,9,11,16H,7-8,10H2,1-2H3. The Bertz CT molecular complexity index is 524. The maximum absolute atomic E-state index is 4.18. The molecule has 0 fully saturated rings. The summed E-state index contributed by atoms with van der Waals surface area (Å²) in [5, 5.41) is 7.60. The minimum Gasteiger partial charge on any atom is -0.383 e. The van der Waals surface area contributed by atoms with Crippen molar-refractivity contribution in [2.75, 3.05) is 25.5 Å². The highest BCUT2D eigenvalue weighted by Crippen LogP contribution is 2.20. The second-order valence-corrected chi connectivity index (χ2v) is 5.52. The molecule has 102 valence electrons. The van der Waals surface area contributed by atoms with E-state index in [0.29, 0.717) is 0 Å². The molecule has 0 spiro atoms. The van der Waals surface area contributed by atoms with Gasteiger partial charge in [0.1, 0.15) is 0 Å². The molecular weight excluding hydrogens is 304 g/mol. The Hall–Kier alpha value is -1.33. The van der Waals surface area contributed by atoms with E-state index < -0.39 is 0 Å². The van der Waals surface area contributed by atoms with Gasteiger partial charge >= 0.3 is 0 Å². The Balaban J connectivity index is 1.75. The fraction of sp³-hybridized carbons (Fsp3) is 0.357. The first kappa shape index (κ1) is 14.1. The van der Waals surface area contributed by atoms with Crippen LogP contribution < -0.4 is 5.32 Å². The number of nitrogens with one attached hydrogen (secondary N) is 1. The zero-order valence-electron chi connectivity index (χ0n) is 11.3. The fourth-order valence-electron chi connectivity index (χ4n) is 1.93. The smallest absolute Gasteiger partial charge is 0.0534 e. The van der Waals surface area contributed by atoms with E-state index in [4.69, 9.17) is 0 Å². The number of halogens is 1. The first-order valence-corrected chi connectivity index (χ1v) is 7.09. The molecule has 5 heteroatoms. The molecule has 0 amide bonds. The molecule has 0 unspecified atom stereocenters. The van der Waals surface area contributed by atoms with Gasteiger partial charge in [-0.15, -0.1) is 0 Å². The predicted octanol–water partition coefficient (Wildman–Crippen LogP) is 2.73. The van der Waals surface area contributed by atoms with E-state index >= 15 is 0 Å². The lowest BCUT2D eigenvalue weighted by atomic mass is 10.3. The van der Waals surface area contributed by atoms with Crippen LogP contribution >= 0.6 is 15.9 Å². The maximum atomic E-state index is 4.18. The number of hydrogen-bond donors (Lipinski definition) is 1. The van der Waals surface area contributed by atoms with Crippen molar-refractivity contribution in [2.45, 2.75) is 6.54 Å². The molecular formula is C14H19BrN4. The topological polar surface area (TPSA) is 33.1 Å². The van der Waals surface area contributed by atoms with Crippen LogP contribution in [0.3, 0.4) is 0 Å². The van der Waals surface area contributed by atoms with Gasteiger partial charge in [-0.1, -0.05) is 12.1 Å². The van der Waals surface area contributed by atoms with Crippen molar-refractivity contribution >= 4 is 21.6 Å². The summed E-state index contributed by atoms with van der Waals surface area (Å²) < 4.78 is 2.94. The molecule has 2 rings (SSSR count). The minimum absolute atomic E-state index is 0.916. The molecule has 0 saturated carbocycles. The van der Waals surface area contributed by atoms with Crippen molar-refractivity contribution in [3.8, 4) is 0 Å². The van der Waals surface area contributed by atoms with E-state index in [2.05, 4.69) is 50.6 Å². The van der Waals surface area contributed by atoms with Gasteiger partial charge in [-0.3, -0.25) is 4.68 Å². The lowest BCUT2D eigenvalue weighted by molar-refractivity contribution is 0.340. The Morgan fingerprint density at radius 3 is 2.84 bits per heavy atom. The lowest BCUT2D eigenvalue weighted by Crippen LogP contribution is -2.24. The summed E-state index contributed by atoms with van der Waals surface area (Å²) in [7, 11) is 4.06. The SMILES string of the molecule is CN(CCNc1ccccc1Br)Cc1cnn(C)c1. The first-order chi connectivity index (χ1) is 9.15. The molecule has 0 radical (unpaired) electrons. The summed E-state index contributed by atoms with van der Waals surface area (Å²) >= 11 is 3.53. The Morgan fingerprint density at radius 2 is 2.16 bits per heavy atom. The highest BCUT2D eigenvalue weighted by molar-refractivity contribution is 9.10. The fourth-order valence-corrected chi connectivity index (χ4v) is 2.36. The number of aryl methyl sites for hydroxylation is 1. The molecule has 1 aromatic carbocycles. The number of para-hydroxylation sites is 1. The van der Waals surface area contributed by atoms with Crippen LogP contribution in [-0.2, 0) is 13.6 Å². The molecule has 4 nitrogen and oxygen atoms in total. The van der Waals surface area contributed by atoms with Crippen LogP contribution in [0.25, 0.3) is 0 Å². The highest BCUT2D eigenvalue weighted by Gasteiger charge is 2.03. The molecule has 0 saturated heterocycles. The average molecular weight is 323 g/mol. The normalized spacial score (nSPS) is 10.9. The molecule has 19 heavy (non-hydrogen) atoms. The van der Waals surface area contributed by atoms with Crippen LogP contribution in [0.5, 0.6) is 0 Å². The van der Waals surface area contributed by atoms with Crippen LogP contribution in [0.2, 0.25) is 0 Å². The van der Waals surface area contributed by atoms with Gasteiger partial charge in [0, 0.05) is 48.6 Å². The Kier molecular flexibility index (Phi) is 4.99. The van der Waals surface area contributed by atoms with Crippen molar-refractivity contribution in [1.29, 1.82) is 0 Å². The van der Waals surface area contributed by atoms with Crippen LogP contribution in [0.1, 0.15) is 5.56 Å². The van der Waals surface area contributed by atoms with Crippen molar-refractivity contribution in [3.63, 3.8) is 0 Å². The van der Waals surface area contributed by atoms with Gasteiger partial charge in [0.25, 0.3) is 0 Å². The molecule has 2 aromatic rings. The largest absolute Gasteiger partial charge is 0.383 e. The average Bonchev–Trinajstić information content (AvgIpc) is 2.77. The van der Waals surface area contributed by atoms with E-state index in [1.54, 1.807) is 0 Å². The van der Waals surface area contributed by atoms with E-state index in [-0.39, 0.29) is 0 Å². The summed E-state index contributed by atoms with van der Waals surface area (Å²) in [6.07, 6.45) is 3.97. The van der Waals surface area contributed by atoms with Gasteiger partial charge in [0.15, 0.2) is 0 Å². The number of hydrogen-bond acceptors (Lipinski definition) is 3. The van der Waals surface area contributed by atoms with E-state index in [1.165, 1.54) is 5.56 Å². The van der Waals surface area contributed by atoms with Crippen LogP contribution in [0.4, 0.5) is 5.69 Å². The third kappa shape index (κ3) is 4.36. The molecule has 0 aliphatic rings. The van der Waals surface area contributed by atoms with Crippen LogP contribution in [0, 0.1) is 0 Å². The van der Waals surface area contributed by atoms with Crippen LogP contribution in [-0.4, -0.2) is 34.8 Å². The molecule has 0 atom stereocenters. The van der Waals surface area contributed by atoms with Crippen molar-refractivity contribution in [1.82, 2.24) is 14.7 Å². The van der Waals surface area contributed by atoms with Gasteiger partial charge in [-0.2, -0.15) is 5.10 Å². The summed E-state index contributed by atoms with van der Waals surface area (Å²) in [6, 6.07) is 8.17. The van der Waals surface area contributed by atoms with Gasteiger partial charge < -0.3 is 10.2 Å². The monoisotopic (exact) mass is 322 g/mol. The quantitative estimate of drug-likeness (QED) is 0.887. The van der Waals surface area contributed by atoms with Crippen molar-refractivity contribution in [2.24, 2.45) is 7.05 Å². The number of anilines is 1. The summed E-state index contributed by atoms with van der Waals surface area (Å²) in [4.78, 5) is 2.28. The zero-order valence-corrected chi connectivity index (χ0v) is 12.9. The zero-order chi connectivity index (χ0) is 13.7. The molecule has 1 aromatic heterocycles. The summed E-state index contributed by atoms with van der Waals surface area (Å²) in [5.41, 5.74) is 2.38. The molecule has 1 N–H and O–H groups in total. The summed E-state index contributed by atoms with van der Waals surface area (Å²) in [5.74, 6) is 0. The van der Waals surface area contributed by atoms with E-state index in [1.807, 2.05) is 36.1 Å². The van der Waals surface area contributed by atoms with Crippen molar-refractivity contribution < 1.29 is 0 Å². The lowest BCUT2D eigenvalue weighted by Gasteiger charge is -2.16. The van der Waals surface area contributed by atoms with E-state index in [0.717, 1.165) is 29.8 Å². The van der Waals surface area contributed by atoms with Gasteiger partial charge in [-0.05, 0) is 35.1 Å².